The molecule has 1 rings (SSSR count). The molecule has 1 aromatic rings. The topological polar surface area (TPSA) is 81.5 Å². The second-order valence-electron chi connectivity index (χ2n) is 5.07. The zero-order valence-electron chi connectivity index (χ0n) is 12.3. The van der Waals surface area contributed by atoms with Gasteiger partial charge in [-0.3, -0.25) is 14.9 Å². The molecule has 0 saturated carbocycles. The first-order valence-corrected chi connectivity index (χ1v) is 7.71. The number of carbonyl (C=O) groups is 1. The largest absolute Gasteiger partial charge is 0.490 e. The molecule has 6 nitrogen and oxygen atoms in total. The van der Waals surface area contributed by atoms with Crippen LogP contribution < -0.4 is 10.1 Å². The molecule has 0 aliphatic heterocycles. The van der Waals surface area contributed by atoms with E-state index >= 15 is 0 Å². The first kappa shape index (κ1) is 17.4. The minimum atomic E-state index is -0.564. The standard InChI is InChI=1S/C14H19BrN2O4/c1-9(2)7-10(8-15)16-14(18)11-5-4-6-12(17(19)20)13(11)21-3/h4-6,9-10H,7-8H2,1-3H3,(H,16,18). The van der Waals surface area contributed by atoms with E-state index < -0.39 is 4.92 Å². The maximum absolute atomic E-state index is 12.3. The van der Waals surface area contributed by atoms with Crippen molar-refractivity contribution in [1.82, 2.24) is 5.32 Å². The number of methoxy groups -OCH3 is 1. The number of nitro benzene ring substituents is 1. The van der Waals surface area contributed by atoms with Crippen molar-refractivity contribution in [3.05, 3.63) is 33.9 Å². The van der Waals surface area contributed by atoms with Gasteiger partial charge in [-0.2, -0.15) is 0 Å². The Labute approximate surface area is 132 Å². The van der Waals surface area contributed by atoms with Crippen LogP contribution >= 0.6 is 15.9 Å². The normalized spacial score (nSPS) is 12.0. The monoisotopic (exact) mass is 358 g/mol. The Kier molecular flexibility index (Phi) is 6.61. The molecule has 0 aliphatic carbocycles. The van der Waals surface area contributed by atoms with Gasteiger partial charge in [-0.1, -0.05) is 35.8 Å². The summed E-state index contributed by atoms with van der Waals surface area (Å²) in [6.07, 6.45) is 0.814. The molecule has 0 bridgehead atoms. The van der Waals surface area contributed by atoms with Crippen molar-refractivity contribution in [2.45, 2.75) is 26.3 Å². The summed E-state index contributed by atoms with van der Waals surface area (Å²) in [5.74, 6) is 0.0402. The third-order valence-electron chi connectivity index (χ3n) is 2.92. The first-order valence-electron chi connectivity index (χ1n) is 6.58. The fourth-order valence-corrected chi connectivity index (χ4v) is 2.48. The second kappa shape index (κ2) is 7.97. The molecular weight excluding hydrogens is 340 g/mol. The van der Waals surface area contributed by atoms with Gasteiger partial charge in [0, 0.05) is 17.4 Å². The van der Waals surface area contributed by atoms with Crippen LogP contribution in [0, 0.1) is 16.0 Å². The molecule has 0 saturated heterocycles. The summed E-state index contributed by atoms with van der Waals surface area (Å²) >= 11 is 3.36. The van der Waals surface area contributed by atoms with Crippen molar-refractivity contribution >= 4 is 27.5 Å². The number of rotatable bonds is 7. The Morgan fingerprint density at radius 2 is 2.14 bits per heavy atom. The average molecular weight is 359 g/mol. The molecule has 0 spiro atoms. The van der Waals surface area contributed by atoms with Crippen LogP contribution in [0.15, 0.2) is 18.2 Å². The van der Waals surface area contributed by atoms with Gasteiger partial charge in [0.2, 0.25) is 5.75 Å². The number of halogens is 1. The Morgan fingerprint density at radius 3 is 2.62 bits per heavy atom. The summed E-state index contributed by atoms with van der Waals surface area (Å²) in [6, 6.07) is 4.26. The molecular formula is C14H19BrN2O4. The molecule has 0 aliphatic rings. The van der Waals surface area contributed by atoms with Crippen molar-refractivity contribution in [3.8, 4) is 5.75 Å². The number of benzene rings is 1. The van der Waals surface area contributed by atoms with Crippen LogP contribution in [0.1, 0.15) is 30.6 Å². The number of alkyl halides is 1. The second-order valence-corrected chi connectivity index (χ2v) is 5.72. The molecule has 116 valence electrons. The van der Waals surface area contributed by atoms with E-state index in [9.17, 15) is 14.9 Å². The number of hydrogen-bond acceptors (Lipinski definition) is 4. The van der Waals surface area contributed by atoms with E-state index in [1.807, 2.05) is 0 Å². The Hall–Kier alpha value is -1.63. The molecule has 1 aromatic carbocycles. The minimum absolute atomic E-state index is 0.0159. The summed E-state index contributed by atoms with van der Waals surface area (Å²) in [5, 5.41) is 14.5. The third-order valence-corrected chi connectivity index (χ3v) is 3.70. The van der Waals surface area contributed by atoms with Crippen molar-refractivity contribution < 1.29 is 14.5 Å². The smallest absolute Gasteiger partial charge is 0.311 e. The van der Waals surface area contributed by atoms with Crippen LogP contribution in [-0.2, 0) is 0 Å². The van der Waals surface area contributed by atoms with Gasteiger partial charge in [-0.05, 0) is 18.4 Å². The van der Waals surface area contributed by atoms with Crippen molar-refractivity contribution in [3.63, 3.8) is 0 Å². The number of hydrogen-bond donors (Lipinski definition) is 1. The highest BCUT2D eigenvalue weighted by Crippen LogP contribution is 2.30. The Bertz CT molecular complexity index is 520. The van der Waals surface area contributed by atoms with Crippen LogP contribution in [0.25, 0.3) is 0 Å². The molecule has 0 radical (unpaired) electrons. The number of ether oxygens (including phenoxy) is 1. The summed E-state index contributed by atoms with van der Waals surface area (Å²) in [5.41, 5.74) is -0.0502. The highest BCUT2D eigenvalue weighted by atomic mass is 79.9. The number of nitro groups is 1. The molecule has 1 amide bonds. The maximum Gasteiger partial charge on any atom is 0.311 e. The van der Waals surface area contributed by atoms with Crippen molar-refractivity contribution in [2.75, 3.05) is 12.4 Å². The SMILES string of the molecule is COc1c(C(=O)NC(CBr)CC(C)C)cccc1[N+](=O)[O-]. The van der Waals surface area contributed by atoms with E-state index in [1.165, 1.54) is 25.3 Å². The van der Waals surface area contributed by atoms with Crippen LogP contribution in [-0.4, -0.2) is 29.3 Å². The van der Waals surface area contributed by atoms with Crippen LogP contribution in [0.2, 0.25) is 0 Å². The molecule has 1 atom stereocenters. The average Bonchev–Trinajstić information content (AvgIpc) is 2.44. The van der Waals surface area contributed by atoms with E-state index in [-0.39, 0.29) is 28.9 Å². The molecule has 0 fully saturated rings. The number of para-hydroxylation sites is 1. The predicted molar refractivity (Wildman–Crippen MR) is 84.2 cm³/mol. The van der Waals surface area contributed by atoms with Crippen LogP contribution in [0.4, 0.5) is 5.69 Å². The Balaban J connectivity index is 3.01. The van der Waals surface area contributed by atoms with Gasteiger partial charge in [0.15, 0.2) is 0 Å². The molecule has 21 heavy (non-hydrogen) atoms. The first-order chi connectivity index (χ1) is 9.90. The minimum Gasteiger partial charge on any atom is -0.490 e. The van der Waals surface area contributed by atoms with Crippen molar-refractivity contribution in [2.24, 2.45) is 5.92 Å². The summed E-state index contributed by atoms with van der Waals surface area (Å²) < 4.78 is 5.04. The maximum atomic E-state index is 12.3. The molecule has 0 aromatic heterocycles. The summed E-state index contributed by atoms with van der Waals surface area (Å²) in [4.78, 5) is 22.7. The van der Waals surface area contributed by atoms with E-state index in [4.69, 9.17) is 4.74 Å². The lowest BCUT2D eigenvalue weighted by atomic mass is 10.0. The van der Waals surface area contributed by atoms with Crippen molar-refractivity contribution in [1.29, 1.82) is 0 Å². The van der Waals surface area contributed by atoms with E-state index in [2.05, 4.69) is 35.1 Å². The fourth-order valence-electron chi connectivity index (χ4n) is 2.05. The molecule has 1 unspecified atom stereocenters. The lowest BCUT2D eigenvalue weighted by molar-refractivity contribution is -0.385. The van der Waals surface area contributed by atoms with Crippen LogP contribution in [0.5, 0.6) is 5.75 Å². The quantitative estimate of drug-likeness (QED) is 0.461. The number of carbonyl (C=O) groups excluding carboxylic acids is 1. The van der Waals surface area contributed by atoms with Crippen LogP contribution in [0.3, 0.4) is 0 Å². The summed E-state index contributed by atoms with van der Waals surface area (Å²) in [7, 11) is 1.31. The lowest BCUT2D eigenvalue weighted by Gasteiger charge is -2.19. The number of nitrogens with zero attached hydrogens (tertiary/aromatic N) is 1. The van der Waals surface area contributed by atoms with Gasteiger partial charge < -0.3 is 10.1 Å². The van der Waals surface area contributed by atoms with Gasteiger partial charge in [0.25, 0.3) is 5.91 Å². The predicted octanol–water partition coefficient (Wildman–Crippen LogP) is 3.14. The molecule has 7 heteroatoms. The molecule has 0 heterocycles. The lowest BCUT2D eigenvalue weighted by Crippen LogP contribution is -2.37. The summed E-state index contributed by atoms with van der Waals surface area (Å²) in [6.45, 7) is 4.13. The zero-order chi connectivity index (χ0) is 16.0. The zero-order valence-corrected chi connectivity index (χ0v) is 13.8. The Morgan fingerprint density at radius 1 is 1.48 bits per heavy atom. The van der Waals surface area contributed by atoms with Gasteiger partial charge >= 0.3 is 5.69 Å². The van der Waals surface area contributed by atoms with E-state index in [0.717, 1.165) is 6.42 Å². The highest BCUT2D eigenvalue weighted by Gasteiger charge is 2.24. The van der Waals surface area contributed by atoms with Gasteiger partial charge in [0.05, 0.1) is 17.6 Å². The number of amides is 1. The van der Waals surface area contributed by atoms with E-state index in [1.54, 1.807) is 0 Å². The van der Waals surface area contributed by atoms with Gasteiger partial charge in [0.1, 0.15) is 0 Å². The highest BCUT2D eigenvalue weighted by molar-refractivity contribution is 9.09. The fraction of sp³-hybridized carbons (Fsp3) is 0.500. The van der Waals surface area contributed by atoms with Gasteiger partial charge in [-0.15, -0.1) is 0 Å². The number of nitrogens with one attached hydrogen (secondary N) is 1. The molecule has 1 N–H and O–H groups in total. The van der Waals surface area contributed by atoms with Gasteiger partial charge in [-0.25, -0.2) is 0 Å². The van der Waals surface area contributed by atoms with E-state index in [0.29, 0.717) is 11.2 Å². The third kappa shape index (κ3) is 4.70.